The molecule has 0 unspecified atom stereocenters. The molecule has 0 spiro atoms. The maximum absolute atomic E-state index is 5.12. The van der Waals surface area contributed by atoms with Gasteiger partial charge in [0.25, 0.3) is 0 Å². The van der Waals surface area contributed by atoms with E-state index in [-0.39, 0.29) is 0 Å². The highest BCUT2D eigenvalue weighted by molar-refractivity contribution is 5.58. The van der Waals surface area contributed by atoms with E-state index in [9.17, 15) is 0 Å². The van der Waals surface area contributed by atoms with Gasteiger partial charge in [-0.3, -0.25) is 0 Å². The Balaban J connectivity index is 1.84. The first-order valence-corrected chi connectivity index (χ1v) is 6.66. The molecule has 3 rings (SSSR count). The zero-order valence-corrected chi connectivity index (χ0v) is 12.2. The standard InChI is InChI=1S/C16H14N4O2/c1-21-13-7-3-11(4-8-13)15-17-19-16(20-18-15)12-5-9-14(22-2)10-6-12/h3-10H,1-2H3. The summed E-state index contributed by atoms with van der Waals surface area (Å²) in [6.45, 7) is 0. The fraction of sp³-hybridized carbons (Fsp3) is 0.125. The van der Waals surface area contributed by atoms with Gasteiger partial charge in [-0.1, -0.05) is 0 Å². The summed E-state index contributed by atoms with van der Waals surface area (Å²) in [6.07, 6.45) is 0. The van der Waals surface area contributed by atoms with Crippen LogP contribution in [0.1, 0.15) is 0 Å². The summed E-state index contributed by atoms with van der Waals surface area (Å²) in [5.41, 5.74) is 1.67. The first-order chi connectivity index (χ1) is 10.8. The number of hydrogen-bond donors (Lipinski definition) is 0. The lowest BCUT2D eigenvalue weighted by Crippen LogP contribution is -1.99. The van der Waals surface area contributed by atoms with E-state index in [1.807, 2.05) is 48.5 Å². The number of methoxy groups -OCH3 is 2. The molecule has 6 heteroatoms. The Hall–Kier alpha value is -3.02. The van der Waals surface area contributed by atoms with Crippen LogP contribution in [0, 0.1) is 0 Å². The van der Waals surface area contributed by atoms with Crippen LogP contribution >= 0.6 is 0 Å². The SMILES string of the molecule is COc1ccc(-c2nnc(-c3ccc(OC)cc3)nn2)cc1. The third-order valence-electron chi connectivity index (χ3n) is 3.18. The molecule has 6 nitrogen and oxygen atoms in total. The van der Waals surface area contributed by atoms with Crippen LogP contribution in [0.2, 0.25) is 0 Å². The number of benzene rings is 2. The predicted octanol–water partition coefficient (Wildman–Crippen LogP) is 2.62. The van der Waals surface area contributed by atoms with Crippen LogP contribution in [-0.2, 0) is 0 Å². The van der Waals surface area contributed by atoms with Gasteiger partial charge in [0.05, 0.1) is 14.2 Å². The Labute approximate surface area is 127 Å². The van der Waals surface area contributed by atoms with Gasteiger partial charge in [0.1, 0.15) is 11.5 Å². The van der Waals surface area contributed by atoms with Crippen molar-refractivity contribution in [2.75, 3.05) is 14.2 Å². The first-order valence-electron chi connectivity index (χ1n) is 6.66. The van der Waals surface area contributed by atoms with Crippen molar-refractivity contribution in [1.82, 2.24) is 20.4 Å². The van der Waals surface area contributed by atoms with Gasteiger partial charge >= 0.3 is 0 Å². The molecule has 0 bridgehead atoms. The second-order valence-corrected chi connectivity index (χ2v) is 4.50. The van der Waals surface area contributed by atoms with Gasteiger partial charge in [-0.15, -0.1) is 20.4 Å². The molecule has 0 aliphatic carbocycles. The van der Waals surface area contributed by atoms with Crippen LogP contribution in [0.15, 0.2) is 48.5 Å². The largest absolute Gasteiger partial charge is 0.497 e. The molecule has 0 radical (unpaired) electrons. The van der Waals surface area contributed by atoms with E-state index in [1.54, 1.807) is 14.2 Å². The topological polar surface area (TPSA) is 70.0 Å². The fourth-order valence-corrected chi connectivity index (χ4v) is 1.94. The second-order valence-electron chi connectivity index (χ2n) is 4.50. The summed E-state index contributed by atoms with van der Waals surface area (Å²) in [7, 11) is 3.25. The minimum Gasteiger partial charge on any atom is -0.497 e. The number of ether oxygens (including phenoxy) is 2. The minimum absolute atomic E-state index is 0.472. The Morgan fingerprint density at radius 3 is 1.14 bits per heavy atom. The Morgan fingerprint density at radius 1 is 0.545 bits per heavy atom. The van der Waals surface area contributed by atoms with Crippen LogP contribution in [0.4, 0.5) is 0 Å². The molecular weight excluding hydrogens is 280 g/mol. The summed E-state index contributed by atoms with van der Waals surface area (Å²) in [5, 5.41) is 16.5. The summed E-state index contributed by atoms with van der Waals surface area (Å²) in [5.74, 6) is 2.50. The van der Waals surface area contributed by atoms with Gasteiger partial charge < -0.3 is 9.47 Å². The van der Waals surface area contributed by atoms with Gasteiger partial charge in [0.2, 0.25) is 11.6 Å². The minimum atomic E-state index is 0.472. The molecular formula is C16H14N4O2. The number of hydrogen-bond acceptors (Lipinski definition) is 6. The molecule has 0 saturated carbocycles. The van der Waals surface area contributed by atoms with E-state index < -0.39 is 0 Å². The van der Waals surface area contributed by atoms with Gasteiger partial charge in [0, 0.05) is 11.1 Å². The first kappa shape index (κ1) is 13.9. The predicted molar refractivity (Wildman–Crippen MR) is 81.6 cm³/mol. The Kier molecular flexibility index (Phi) is 3.91. The number of rotatable bonds is 4. The number of nitrogens with zero attached hydrogens (tertiary/aromatic N) is 4. The van der Waals surface area contributed by atoms with Crippen molar-refractivity contribution in [2.24, 2.45) is 0 Å². The van der Waals surface area contributed by atoms with E-state index in [1.165, 1.54) is 0 Å². The highest BCUT2D eigenvalue weighted by Gasteiger charge is 2.07. The average molecular weight is 294 g/mol. The fourth-order valence-electron chi connectivity index (χ4n) is 1.94. The van der Waals surface area contributed by atoms with Crippen LogP contribution in [-0.4, -0.2) is 34.6 Å². The average Bonchev–Trinajstić information content (AvgIpc) is 2.62. The molecule has 22 heavy (non-hydrogen) atoms. The molecule has 1 aromatic heterocycles. The lowest BCUT2D eigenvalue weighted by molar-refractivity contribution is 0.414. The molecule has 0 N–H and O–H groups in total. The van der Waals surface area contributed by atoms with E-state index >= 15 is 0 Å². The highest BCUT2D eigenvalue weighted by atomic mass is 16.5. The lowest BCUT2D eigenvalue weighted by Gasteiger charge is -2.03. The van der Waals surface area contributed by atoms with Crippen molar-refractivity contribution in [3.63, 3.8) is 0 Å². The van der Waals surface area contributed by atoms with E-state index in [4.69, 9.17) is 9.47 Å². The second kappa shape index (κ2) is 6.17. The normalized spacial score (nSPS) is 10.3. The lowest BCUT2D eigenvalue weighted by atomic mass is 10.2. The summed E-state index contributed by atoms with van der Waals surface area (Å²) in [4.78, 5) is 0. The molecule has 110 valence electrons. The molecule has 0 saturated heterocycles. The summed E-state index contributed by atoms with van der Waals surface area (Å²) >= 11 is 0. The zero-order valence-electron chi connectivity index (χ0n) is 12.2. The molecule has 0 aliphatic heterocycles. The maximum atomic E-state index is 5.12. The molecule has 0 amide bonds. The zero-order chi connectivity index (χ0) is 15.4. The Bertz CT molecular complexity index is 674. The van der Waals surface area contributed by atoms with Crippen molar-refractivity contribution in [2.45, 2.75) is 0 Å². The third kappa shape index (κ3) is 2.85. The highest BCUT2D eigenvalue weighted by Crippen LogP contribution is 2.20. The van der Waals surface area contributed by atoms with Crippen LogP contribution in [0.5, 0.6) is 11.5 Å². The molecule has 0 atom stereocenters. The van der Waals surface area contributed by atoms with Crippen LogP contribution < -0.4 is 9.47 Å². The molecule has 1 heterocycles. The van der Waals surface area contributed by atoms with Crippen molar-refractivity contribution in [1.29, 1.82) is 0 Å². The van der Waals surface area contributed by atoms with Gasteiger partial charge in [-0.2, -0.15) is 0 Å². The van der Waals surface area contributed by atoms with Gasteiger partial charge in [-0.25, -0.2) is 0 Å². The molecule has 3 aromatic rings. The maximum Gasteiger partial charge on any atom is 0.203 e. The van der Waals surface area contributed by atoms with E-state index in [0.29, 0.717) is 11.6 Å². The van der Waals surface area contributed by atoms with Gasteiger partial charge in [-0.05, 0) is 48.5 Å². The molecule has 0 fully saturated rings. The monoisotopic (exact) mass is 294 g/mol. The van der Waals surface area contributed by atoms with Crippen molar-refractivity contribution in [3.05, 3.63) is 48.5 Å². The van der Waals surface area contributed by atoms with Crippen LogP contribution in [0.3, 0.4) is 0 Å². The smallest absolute Gasteiger partial charge is 0.203 e. The van der Waals surface area contributed by atoms with E-state index in [2.05, 4.69) is 20.4 Å². The van der Waals surface area contributed by atoms with Crippen molar-refractivity contribution in [3.8, 4) is 34.3 Å². The quantitative estimate of drug-likeness (QED) is 0.736. The molecule has 2 aromatic carbocycles. The van der Waals surface area contributed by atoms with Crippen molar-refractivity contribution >= 4 is 0 Å². The Morgan fingerprint density at radius 2 is 0.864 bits per heavy atom. The van der Waals surface area contributed by atoms with E-state index in [0.717, 1.165) is 22.6 Å². The summed E-state index contributed by atoms with van der Waals surface area (Å²) in [6, 6.07) is 14.8. The number of aromatic nitrogens is 4. The van der Waals surface area contributed by atoms with Crippen LogP contribution in [0.25, 0.3) is 22.8 Å². The van der Waals surface area contributed by atoms with Crippen molar-refractivity contribution < 1.29 is 9.47 Å². The van der Waals surface area contributed by atoms with Gasteiger partial charge in [0.15, 0.2) is 0 Å². The summed E-state index contributed by atoms with van der Waals surface area (Å²) < 4.78 is 10.2. The third-order valence-corrected chi connectivity index (χ3v) is 3.18. The molecule has 0 aliphatic rings.